The summed E-state index contributed by atoms with van der Waals surface area (Å²) in [4.78, 5) is 0. The van der Waals surface area contributed by atoms with Gasteiger partial charge in [0.05, 0.1) is 0 Å². The van der Waals surface area contributed by atoms with Crippen LogP contribution >= 0.6 is 0 Å². The molecule has 0 spiro atoms. The van der Waals surface area contributed by atoms with E-state index in [1.54, 1.807) is 0 Å². The molecule has 2 nitrogen and oxygen atoms in total. The molecule has 0 bridgehead atoms. The molecule has 2 saturated heterocycles. The van der Waals surface area contributed by atoms with Gasteiger partial charge in [-0.3, -0.25) is 0 Å². The Kier molecular flexibility index (Phi) is 6.36. The van der Waals surface area contributed by atoms with Crippen molar-refractivity contribution in [3.63, 3.8) is 0 Å². The number of nitrogens with one attached hydrogen (secondary N) is 2. The Labute approximate surface area is 176 Å². The van der Waals surface area contributed by atoms with E-state index in [-0.39, 0.29) is 0 Å². The molecule has 0 aromatic heterocycles. The maximum Gasteiger partial charge on any atom is 0.0132 e. The topological polar surface area (TPSA) is 24.1 Å². The van der Waals surface area contributed by atoms with E-state index in [0.717, 1.165) is 23.7 Å². The van der Waals surface area contributed by atoms with Gasteiger partial charge in [-0.2, -0.15) is 0 Å². The van der Waals surface area contributed by atoms with Crippen molar-refractivity contribution in [1.82, 2.24) is 10.6 Å². The van der Waals surface area contributed by atoms with Crippen LogP contribution in [0.5, 0.6) is 0 Å². The third kappa shape index (κ3) is 6.46. The largest absolute Gasteiger partial charge is 0.307 e. The minimum Gasteiger partial charge on any atom is -0.307 e. The monoisotopic (exact) mass is 390 g/mol. The third-order valence-corrected chi connectivity index (χ3v) is 7.85. The van der Waals surface area contributed by atoms with Crippen LogP contribution in [0.25, 0.3) is 0 Å². The zero-order valence-electron chi connectivity index (χ0n) is 20.4. The molecule has 0 radical (unpaired) electrons. The summed E-state index contributed by atoms with van der Waals surface area (Å²) in [5.74, 6) is 3.82. The molecule has 0 aromatic carbocycles. The van der Waals surface area contributed by atoms with Crippen molar-refractivity contribution in [3.8, 4) is 0 Å². The van der Waals surface area contributed by atoms with Crippen molar-refractivity contribution in [2.75, 3.05) is 0 Å². The maximum absolute atomic E-state index is 3.86. The zero-order chi connectivity index (χ0) is 20.8. The zero-order valence-corrected chi connectivity index (χ0v) is 20.4. The highest BCUT2D eigenvalue weighted by Gasteiger charge is 2.40. The van der Waals surface area contributed by atoms with Gasteiger partial charge in [-0.15, -0.1) is 0 Å². The summed E-state index contributed by atoms with van der Waals surface area (Å²) in [6, 6.07) is 0. The van der Waals surface area contributed by atoms with Gasteiger partial charge in [0.1, 0.15) is 0 Å². The molecule has 2 N–H and O–H groups in total. The highest BCUT2D eigenvalue weighted by atomic mass is 15.1. The van der Waals surface area contributed by atoms with Gasteiger partial charge in [0.25, 0.3) is 0 Å². The predicted octanol–water partition coefficient (Wildman–Crippen LogP) is 6.69. The van der Waals surface area contributed by atoms with Crippen molar-refractivity contribution >= 4 is 0 Å². The Hall–Kier alpha value is -0.0800. The molecule has 2 heteroatoms. The SMILES string of the molecule is CC1(C)CC(CC2CCC(CC3CC(C)(C)NC(C)(C)C3)CC2)CC(C)(C)N1. The summed E-state index contributed by atoms with van der Waals surface area (Å²) in [6.45, 7) is 19.2. The van der Waals surface area contributed by atoms with Crippen LogP contribution < -0.4 is 10.6 Å². The molecule has 2 aliphatic heterocycles. The molecule has 164 valence electrons. The van der Waals surface area contributed by atoms with Gasteiger partial charge in [-0.05, 0) is 118 Å². The highest BCUT2D eigenvalue weighted by Crippen LogP contribution is 2.43. The molecule has 28 heavy (non-hydrogen) atoms. The van der Waals surface area contributed by atoms with Gasteiger partial charge in [0, 0.05) is 22.2 Å². The highest BCUT2D eigenvalue weighted by molar-refractivity contribution is 4.99. The number of hydrogen-bond donors (Lipinski definition) is 2. The molecule has 1 aliphatic carbocycles. The van der Waals surface area contributed by atoms with Crippen LogP contribution in [0.2, 0.25) is 0 Å². The summed E-state index contributed by atoms with van der Waals surface area (Å²) in [5, 5.41) is 7.72. The first-order valence-electron chi connectivity index (χ1n) is 12.3. The Balaban J connectivity index is 1.46. The van der Waals surface area contributed by atoms with E-state index in [0.29, 0.717) is 22.2 Å². The molecular weight excluding hydrogens is 340 g/mol. The van der Waals surface area contributed by atoms with E-state index in [1.165, 1.54) is 64.2 Å². The first-order chi connectivity index (χ1) is 12.7. The second kappa shape index (κ2) is 7.88. The number of rotatable bonds is 4. The number of hydrogen-bond acceptors (Lipinski definition) is 2. The average Bonchev–Trinajstić information content (AvgIpc) is 2.42. The van der Waals surface area contributed by atoms with Gasteiger partial charge >= 0.3 is 0 Å². The van der Waals surface area contributed by atoms with E-state index < -0.39 is 0 Å². The van der Waals surface area contributed by atoms with Gasteiger partial charge in [-0.1, -0.05) is 25.7 Å². The molecule has 3 rings (SSSR count). The quantitative estimate of drug-likeness (QED) is 0.559. The van der Waals surface area contributed by atoms with Crippen LogP contribution in [0.1, 0.15) is 120 Å². The lowest BCUT2D eigenvalue weighted by molar-refractivity contribution is 0.0887. The first-order valence-corrected chi connectivity index (χ1v) is 12.3. The van der Waals surface area contributed by atoms with Crippen LogP contribution in [-0.4, -0.2) is 22.2 Å². The van der Waals surface area contributed by atoms with Gasteiger partial charge in [0.2, 0.25) is 0 Å². The Morgan fingerprint density at radius 2 is 0.714 bits per heavy atom. The lowest BCUT2D eigenvalue weighted by atomic mass is 9.67. The summed E-state index contributed by atoms with van der Waals surface area (Å²) >= 11 is 0. The molecule has 1 saturated carbocycles. The number of piperidine rings is 2. The molecule has 0 amide bonds. The van der Waals surface area contributed by atoms with E-state index in [2.05, 4.69) is 66.0 Å². The van der Waals surface area contributed by atoms with Crippen LogP contribution in [0.4, 0.5) is 0 Å². The van der Waals surface area contributed by atoms with E-state index >= 15 is 0 Å². The van der Waals surface area contributed by atoms with Gasteiger partial charge in [0.15, 0.2) is 0 Å². The third-order valence-electron chi connectivity index (χ3n) is 7.85. The van der Waals surface area contributed by atoms with Crippen molar-refractivity contribution in [1.29, 1.82) is 0 Å². The van der Waals surface area contributed by atoms with Crippen LogP contribution in [0.3, 0.4) is 0 Å². The Morgan fingerprint density at radius 3 is 0.964 bits per heavy atom. The summed E-state index contributed by atoms with van der Waals surface area (Å²) in [5.41, 5.74) is 1.22. The second-order valence-electron chi connectivity index (χ2n) is 13.7. The lowest BCUT2D eigenvalue weighted by Gasteiger charge is -2.48. The lowest BCUT2D eigenvalue weighted by Crippen LogP contribution is -2.58. The molecular formula is C26H50N2. The molecule has 0 unspecified atom stereocenters. The summed E-state index contributed by atoms with van der Waals surface area (Å²) in [7, 11) is 0. The standard InChI is InChI=1S/C26H50N2/c1-23(2)15-21(16-24(3,4)27-23)13-19-9-11-20(12-10-19)14-22-17-25(5,6)28-26(7,8)18-22/h19-22,27-28H,9-18H2,1-8H3. The van der Waals surface area contributed by atoms with Crippen molar-refractivity contribution in [3.05, 3.63) is 0 Å². The predicted molar refractivity (Wildman–Crippen MR) is 123 cm³/mol. The van der Waals surface area contributed by atoms with Crippen molar-refractivity contribution in [2.24, 2.45) is 23.7 Å². The van der Waals surface area contributed by atoms with Crippen LogP contribution in [0.15, 0.2) is 0 Å². The molecule has 0 atom stereocenters. The van der Waals surface area contributed by atoms with Gasteiger partial charge in [-0.25, -0.2) is 0 Å². The fourth-order valence-electron chi connectivity index (χ4n) is 8.05. The van der Waals surface area contributed by atoms with Crippen molar-refractivity contribution < 1.29 is 0 Å². The van der Waals surface area contributed by atoms with E-state index in [4.69, 9.17) is 0 Å². The van der Waals surface area contributed by atoms with Gasteiger partial charge < -0.3 is 10.6 Å². The van der Waals surface area contributed by atoms with E-state index in [9.17, 15) is 0 Å². The molecule has 3 aliphatic rings. The normalized spacial score (nSPS) is 35.6. The summed E-state index contributed by atoms with van der Waals surface area (Å²) in [6.07, 6.45) is 14.4. The minimum absolute atomic E-state index is 0.304. The average molecular weight is 391 g/mol. The Bertz CT molecular complexity index is 443. The maximum atomic E-state index is 3.86. The summed E-state index contributed by atoms with van der Waals surface area (Å²) < 4.78 is 0. The Morgan fingerprint density at radius 1 is 0.464 bits per heavy atom. The van der Waals surface area contributed by atoms with E-state index in [1.807, 2.05) is 0 Å². The van der Waals surface area contributed by atoms with Crippen molar-refractivity contribution in [2.45, 2.75) is 142 Å². The minimum atomic E-state index is 0.304. The fourth-order valence-corrected chi connectivity index (χ4v) is 8.05. The molecule has 3 fully saturated rings. The molecule has 2 heterocycles. The van der Waals surface area contributed by atoms with Crippen LogP contribution in [0, 0.1) is 23.7 Å². The smallest absolute Gasteiger partial charge is 0.0132 e. The second-order valence-corrected chi connectivity index (χ2v) is 13.7. The van der Waals surface area contributed by atoms with Crippen LogP contribution in [-0.2, 0) is 0 Å². The first kappa shape index (κ1) is 22.6. The molecule has 0 aromatic rings. The fraction of sp³-hybridized carbons (Fsp3) is 1.00.